The molecule has 0 fully saturated rings. The number of rotatable bonds is 4. The van der Waals surface area contributed by atoms with Crippen LogP contribution in [0.1, 0.15) is 48.6 Å². The Morgan fingerprint density at radius 1 is 0.393 bits per heavy atom. The molecule has 8 aromatic carbocycles. The summed E-state index contributed by atoms with van der Waals surface area (Å²) in [4.78, 5) is 2.40. The molecule has 0 amide bonds. The van der Waals surface area contributed by atoms with Gasteiger partial charge in [0.2, 0.25) is 0 Å². The maximum Gasteiger partial charge on any atom is 0.137 e. The van der Waals surface area contributed by atoms with Gasteiger partial charge in [-0.25, -0.2) is 0 Å². The number of hydrogen-bond donors (Lipinski definition) is 0. The standard InChI is InChI=1S/C53H37NO2/c1-52(2)42-17-8-4-13-35(42)38-26-24-33(30-45(38)52)54(34-25-27-40-39-16-7-11-21-47(39)56-50(40)31-34)46-20-12-22-49-51(46)41-29-32(23-28-48(41)55-49)53(3)43-18-9-5-14-36(43)37-15-6-10-19-44(37)53/h4-31H,1-3H3. The van der Waals surface area contributed by atoms with Gasteiger partial charge in [-0.3, -0.25) is 0 Å². The quantitative estimate of drug-likeness (QED) is 0.181. The second-order valence-corrected chi connectivity index (χ2v) is 16.2. The zero-order valence-electron chi connectivity index (χ0n) is 31.4. The molecule has 0 spiro atoms. The van der Waals surface area contributed by atoms with Gasteiger partial charge in [0.1, 0.15) is 22.3 Å². The molecule has 10 aromatic rings. The van der Waals surface area contributed by atoms with Crippen LogP contribution in [0.5, 0.6) is 0 Å². The Kier molecular flexibility index (Phi) is 6.25. The van der Waals surface area contributed by atoms with Crippen molar-refractivity contribution < 1.29 is 8.83 Å². The summed E-state index contributed by atoms with van der Waals surface area (Å²) < 4.78 is 13.2. The van der Waals surface area contributed by atoms with E-state index >= 15 is 0 Å². The van der Waals surface area contributed by atoms with Gasteiger partial charge in [-0.05, 0) is 112 Å². The van der Waals surface area contributed by atoms with E-state index in [0.717, 1.165) is 60.9 Å². The highest BCUT2D eigenvalue weighted by Gasteiger charge is 2.41. The van der Waals surface area contributed by atoms with Crippen LogP contribution >= 0.6 is 0 Å². The van der Waals surface area contributed by atoms with Gasteiger partial charge in [-0.15, -0.1) is 0 Å². The van der Waals surface area contributed by atoms with Crippen molar-refractivity contribution in [3.63, 3.8) is 0 Å². The first-order chi connectivity index (χ1) is 27.4. The van der Waals surface area contributed by atoms with Crippen molar-refractivity contribution in [2.45, 2.75) is 31.6 Å². The number of hydrogen-bond acceptors (Lipinski definition) is 3. The van der Waals surface area contributed by atoms with Crippen LogP contribution in [-0.2, 0) is 10.8 Å². The molecular formula is C53H37NO2. The van der Waals surface area contributed by atoms with Crippen LogP contribution < -0.4 is 4.90 Å². The van der Waals surface area contributed by atoms with Gasteiger partial charge in [-0.2, -0.15) is 0 Å². The van der Waals surface area contributed by atoms with E-state index in [1.165, 1.54) is 50.1 Å². The summed E-state index contributed by atoms with van der Waals surface area (Å²) in [5, 5.41) is 4.41. The molecule has 0 saturated carbocycles. The number of nitrogens with zero attached hydrogens (tertiary/aromatic N) is 1. The molecule has 0 unspecified atom stereocenters. The molecule has 0 bridgehead atoms. The minimum atomic E-state index is -0.327. The summed E-state index contributed by atoms with van der Waals surface area (Å²) in [7, 11) is 0. The van der Waals surface area contributed by atoms with Gasteiger partial charge in [-0.1, -0.05) is 123 Å². The van der Waals surface area contributed by atoms with E-state index in [1.54, 1.807) is 0 Å². The Balaban J connectivity index is 1.11. The normalized spacial score (nSPS) is 14.6. The first kappa shape index (κ1) is 31.5. The highest BCUT2D eigenvalue weighted by molar-refractivity contribution is 6.14. The van der Waals surface area contributed by atoms with Crippen LogP contribution in [0.2, 0.25) is 0 Å². The zero-order chi connectivity index (χ0) is 37.3. The van der Waals surface area contributed by atoms with Crippen LogP contribution in [0.15, 0.2) is 179 Å². The lowest BCUT2D eigenvalue weighted by Gasteiger charge is -2.29. The van der Waals surface area contributed by atoms with E-state index in [9.17, 15) is 0 Å². The number of furan rings is 2. The molecule has 0 N–H and O–H groups in total. The maximum absolute atomic E-state index is 6.72. The zero-order valence-corrected chi connectivity index (χ0v) is 31.4. The summed E-state index contributed by atoms with van der Waals surface area (Å²) in [5.41, 5.74) is 18.0. The van der Waals surface area contributed by atoms with Gasteiger partial charge in [0.15, 0.2) is 0 Å². The lowest BCUT2D eigenvalue weighted by atomic mass is 9.74. The summed E-state index contributed by atoms with van der Waals surface area (Å²) in [6.07, 6.45) is 0. The SMILES string of the molecule is CC1(C)c2ccccc2-c2ccc(N(c3ccc4c(c3)oc3ccccc34)c3cccc4oc5ccc(C6(C)c7ccccc7-c7ccccc76)cc5c34)cc21. The third-order valence-electron chi connectivity index (χ3n) is 13.0. The highest BCUT2D eigenvalue weighted by Crippen LogP contribution is 2.54. The van der Waals surface area contributed by atoms with Crippen LogP contribution in [0.3, 0.4) is 0 Å². The summed E-state index contributed by atoms with van der Waals surface area (Å²) in [5.74, 6) is 0. The number of para-hydroxylation sites is 1. The first-order valence-electron chi connectivity index (χ1n) is 19.5. The van der Waals surface area contributed by atoms with Gasteiger partial charge >= 0.3 is 0 Å². The van der Waals surface area contributed by atoms with Crippen molar-refractivity contribution >= 4 is 60.9 Å². The smallest absolute Gasteiger partial charge is 0.137 e. The molecular weight excluding hydrogens is 683 g/mol. The number of fused-ring (bicyclic) bond motifs is 12. The van der Waals surface area contributed by atoms with Crippen molar-refractivity contribution in [1.82, 2.24) is 0 Å². The van der Waals surface area contributed by atoms with Crippen LogP contribution in [-0.4, -0.2) is 0 Å². The lowest BCUT2D eigenvalue weighted by Crippen LogP contribution is -2.22. The molecule has 0 atom stereocenters. The Bertz CT molecular complexity index is 3220. The monoisotopic (exact) mass is 719 g/mol. The largest absolute Gasteiger partial charge is 0.456 e. The van der Waals surface area contributed by atoms with E-state index in [0.29, 0.717) is 0 Å². The van der Waals surface area contributed by atoms with Gasteiger partial charge < -0.3 is 13.7 Å². The van der Waals surface area contributed by atoms with Gasteiger partial charge in [0.05, 0.1) is 11.1 Å². The van der Waals surface area contributed by atoms with E-state index in [4.69, 9.17) is 8.83 Å². The second-order valence-electron chi connectivity index (χ2n) is 16.2. The Hall–Kier alpha value is -6.84. The van der Waals surface area contributed by atoms with Gasteiger partial charge in [0.25, 0.3) is 0 Å². The molecule has 2 heterocycles. The Morgan fingerprint density at radius 2 is 0.964 bits per heavy atom. The molecule has 3 heteroatoms. The van der Waals surface area contributed by atoms with E-state index in [1.807, 2.05) is 12.1 Å². The van der Waals surface area contributed by atoms with Crippen LogP contribution in [0.4, 0.5) is 17.1 Å². The highest BCUT2D eigenvalue weighted by atomic mass is 16.3. The van der Waals surface area contributed by atoms with E-state index in [2.05, 4.69) is 183 Å². The van der Waals surface area contributed by atoms with Crippen LogP contribution in [0, 0.1) is 0 Å². The summed E-state index contributed by atoms with van der Waals surface area (Å²) in [6, 6.07) is 61.8. The Labute approximate surface area is 325 Å². The molecule has 0 aliphatic heterocycles. The fraction of sp³-hybridized carbons (Fsp3) is 0.0943. The molecule has 56 heavy (non-hydrogen) atoms. The summed E-state index contributed by atoms with van der Waals surface area (Å²) in [6.45, 7) is 7.07. The maximum atomic E-state index is 6.72. The number of benzene rings is 8. The third-order valence-corrected chi connectivity index (χ3v) is 13.0. The van der Waals surface area contributed by atoms with Crippen molar-refractivity contribution in [3.8, 4) is 22.3 Å². The average molecular weight is 720 g/mol. The van der Waals surface area contributed by atoms with Gasteiger partial charge in [0, 0.05) is 44.4 Å². The molecule has 266 valence electrons. The minimum absolute atomic E-state index is 0.150. The predicted octanol–water partition coefficient (Wildman–Crippen LogP) is 14.6. The minimum Gasteiger partial charge on any atom is -0.456 e. The molecule has 2 aliphatic carbocycles. The first-order valence-corrected chi connectivity index (χ1v) is 19.5. The molecule has 2 aliphatic rings. The molecule has 2 aromatic heterocycles. The van der Waals surface area contributed by atoms with Crippen molar-refractivity contribution in [2.75, 3.05) is 4.90 Å². The fourth-order valence-electron chi connectivity index (χ4n) is 10.2. The molecule has 12 rings (SSSR count). The van der Waals surface area contributed by atoms with E-state index < -0.39 is 0 Å². The van der Waals surface area contributed by atoms with Crippen molar-refractivity contribution in [2.24, 2.45) is 0 Å². The number of anilines is 3. The average Bonchev–Trinajstić information content (AvgIpc) is 3.94. The third kappa shape index (κ3) is 4.12. The fourth-order valence-corrected chi connectivity index (χ4v) is 10.2. The van der Waals surface area contributed by atoms with Crippen molar-refractivity contribution in [3.05, 3.63) is 198 Å². The van der Waals surface area contributed by atoms with Crippen molar-refractivity contribution in [1.29, 1.82) is 0 Å². The van der Waals surface area contributed by atoms with Crippen LogP contribution in [0.25, 0.3) is 66.1 Å². The second kappa shape index (κ2) is 11.1. The lowest BCUT2D eigenvalue weighted by molar-refractivity contribution is 0.660. The topological polar surface area (TPSA) is 29.5 Å². The Morgan fingerprint density at radius 3 is 1.75 bits per heavy atom. The summed E-state index contributed by atoms with van der Waals surface area (Å²) >= 11 is 0. The molecule has 3 nitrogen and oxygen atoms in total. The predicted molar refractivity (Wildman–Crippen MR) is 231 cm³/mol. The van der Waals surface area contributed by atoms with E-state index in [-0.39, 0.29) is 10.8 Å². The molecule has 0 radical (unpaired) electrons. The molecule has 0 saturated heterocycles.